The third-order valence-corrected chi connectivity index (χ3v) is 4.58. The van der Waals surface area contributed by atoms with Gasteiger partial charge in [0.2, 0.25) is 0 Å². The van der Waals surface area contributed by atoms with E-state index in [4.69, 9.17) is 0 Å². The van der Waals surface area contributed by atoms with Crippen LogP contribution in [0.2, 0.25) is 0 Å². The Kier molecular flexibility index (Phi) is 4.86. The van der Waals surface area contributed by atoms with E-state index in [9.17, 15) is 0 Å². The highest BCUT2D eigenvalue weighted by molar-refractivity contribution is 7.99. The maximum absolute atomic E-state index is 4.10. The number of hydrogen-bond acceptors (Lipinski definition) is 4. The van der Waals surface area contributed by atoms with E-state index in [1.54, 1.807) is 6.33 Å². The molecule has 0 aliphatic heterocycles. The van der Waals surface area contributed by atoms with Gasteiger partial charge in [-0.1, -0.05) is 25.1 Å². The summed E-state index contributed by atoms with van der Waals surface area (Å²) in [4.78, 5) is 0. The Hall–Kier alpha value is -0.550. The number of nitrogens with zero attached hydrogens (tertiary/aromatic N) is 3. The van der Waals surface area contributed by atoms with Gasteiger partial charge in [-0.25, -0.2) is 0 Å². The van der Waals surface area contributed by atoms with Gasteiger partial charge in [0, 0.05) is 18.8 Å². The van der Waals surface area contributed by atoms with Gasteiger partial charge in [-0.2, -0.15) is 0 Å². The molecule has 4 nitrogen and oxygen atoms in total. The van der Waals surface area contributed by atoms with Gasteiger partial charge in [0.25, 0.3) is 0 Å². The standard InChI is InChI=1S/C12H22N4S/c1-3-13-11-6-4-5-10(11)7-8-17-12-15-14-9-16(12)2/h9-11,13H,3-8H2,1-2H3. The zero-order valence-electron chi connectivity index (χ0n) is 10.7. The van der Waals surface area contributed by atoms with Crippen LogP contribution >= 0.6 is 11.8 Å². The fourth-order valence-electron chi connectivity index (χ4n) is 2.62. The second-order valence-corrected chi connectivity index (χ2v) is 5.78. The molecule has 1 aromatic heterocycles. The van der Waals surface area contributed by atoms with Crippen molar-refractivity contribution in [1.29, 1.82) is 0 Å². The number of hydrogen-bond donors (Lipinski definition) is 1. The highest BCUT2D eigenvalue weighted by Gasteiger charge is 2.25. The zero-order chi connectivity index (χ0) is 12.1. The molecule has 1 aliphatic rings. The van der Waals surface area contributed by atoms with Crippen LogP contribution in [0.5, 0.6) is 0 Å². The molecular weight excluding hydrogens is 232 g/mol. The van der Waals surface area contributed by atoms with E-state index in [-0.39, 0.29) is 0 Å². The minimum Gasteiger partial charge on any atom is -0.314 e. The van der Waals surface area contributed by atoms with E-state index in [0.717, 1.165) is 29.4 Å². The Labute approximate surface area is 108 Å². The molecule has 2 atom stereocenters. The molecule has 1 aromatic rings. The largest absolute Gasteiger partial charge is 0.314 e. The quantitative estimate of drug-likeness (QED) is 0.789. The molecule has 5 heteroatoms. The smallest absolute Gasteiger partial charge is 0.190 e. The van der Waals surface area contributed by atoms with Crippen LogP contribution in [-0.4, -0.2) is 33.1 Å². The molecule has 0 spiro atoms. The van der Waals surface area contributed by atoms with Crippen LogP contribution in [0.3, 0.4) is 0 Å². The van der Waals surface area contributed by atoms with Gasteiger partial charge in [0.05, 0.1) is 0 Å². The van der Waals surface area contributed by atoms with Crippen LogP contribution < -0.4 is 5.32 Å². The van der Waals surface area contributed by atoms with Crippen molar-refractivity contribution >= 4 is 11.8 Å². The highest BCUT2D eigenvalue weighted by Crippen LogP contribution is 2.30. The van der Waals surface area contributed by atoms with Crippen molar-refractivity contribution in [2.24, 2.45) is 13.0 Å². The molecule has 1 heterocycles. The minimum atomic E-state index is 0.750. The van der Waals surface area contributed by atoms with Crippen LogP contribution in [0.15, 0.2) is 11.5 Å². The zero-order valence-corrected chi connectivity index (χ0v) is 11.5. The normalized spacial score (nSPS) is 24.4. The van der Waals surface area contributed by atoms with Crippen molar-refractivity contribution in [2.45, 2.75) is 43.8 Å². The lowest BCUT2D eigenvalue weighted by Gasteiger charge is -2.19. The van der Waals surface area contributed by atoms with Gasteiger partial charge in [0.1, 0.15) is 6.33 Å². The maximum Gasteiger partial charge on any atom is 0.190 e. The van der Waals surface area contributed by atoms with Crippen molar-refractivity contribution in [3.8, 4) is 0 Å². The topological polar surface area (TPSA) is 42.7 Å². The fraction of sp³-hybridized carbons (Fsp3) is 0.833. The fourth-order valence-corrected chi connectivity index (χ4v) is 3.58. The summed E-state index contributed by atoms with van der Waals surface area (Å²) in [5.74, 6) is 2.01. The number of rotatable bonds is 6. The summed E-state index contributed by atoms with van der Waals surface area (Å²) in [5.41, 5.74) is 0. The van der Waals surface area contributed by atoms with Gasteiger partial charge < -0.3 is 9.88 Å². The summed E-state index contributed by atoms with van der Waals surface area (Å²) in [5, 5.41) is 12.6. The van der Waals surface area contributed by atoms with E-state index < -0.39 is 0 Å². The number of aryl methyl sites for hydroxylation is 1. The first-order valence-corrected chi connectivity index (χ1v) is 7.50. The summed E-state index contributed by atoms with van der Waals surface area (Å²) in [6.45, 7) is 3.29. The SMILES string of the molecule is CCNC1CCCC1CCSc1nncn1C. The predicted octanol–water partition coefficient (Wildman–Crippen LogP) is 2.08. The highest BCUT2D eigenvalue weighted by atomic mass is 32.2. The van der Waals surface area contributed by atoms with Crippen molar-refractivity contribution in [3.63, 3.8) is 0 Å². The van der Waals surface area contributed by atoms with Crippen LogP contribution in [0.4, 0.5) is 0 Å². The van der Waals surface area contributed by atoms with E-state index in [2.05, 4.69) is 22.4 Å². The first kappa shape index (κ1) is 12.9. The van der Waals surface area contributed by atoms with Crippen LogP contribution in [-0.2, 0) is 7.05 Å². The van der Waals surface area contributed by atoms with Gasteiger partial charge >= 0.3 is 0 Å². The average Bonchev–Trinajstić information content (AvgIpc) is 2.90. The van der Waals surface area contributed by atoms with Gasteiger partial charge in [-0.3, -0.25) is 0 Å². The molecule has 1 aliphatic carbocycles. The first-order chi connectivity index (χ1) is 8.31. The second kappa shape index (κ2) is 6.40. The molecule has 17 heavy (non-hydrogen) atoms. The van der Waals surface area contributed by atoms with Crippen LogP contribution in [0, 0.1) is 5.92 Å². The number of nitrogens with one attached hydrogen (secondary N) is 1. The molecule has 1 N–H and O–H groups in total. The molecular formula is C12H22N4S. The summed E-state index contributed by atoms with van der Waals surface area (Å²) < 4.78 is 1.99. The Morgan fingerprint density at radius 3 is 3.12 bits per heavy atom. The van der Waals surface area contributed by atoms with Gasteiger partial charge in [-0.05, 0) is 31.7 Å². The predicted molar refractivity (Wildman–Crippen MR) is 71.1 cm³/mol. The van der Waals surface area contributed by atoms with E-state index >= 15 is 0 Å². The molecule has 2 unspecified atom stereocenters. The number of aromatic nitrogens is 3. The molecule has 0 radical (unpaired) electrons. The van der Waals surface area contributed by atoms with Crippen molar-refractivity contribution in [3.05, 3.63) is 6.33 Å². The summed E-state index contributed by atoms with van der Waals surface area (Å²) in [6.07, 6.45) is 7.18. The van der Waals surface area contributed by atoms with Crippen LogP contribution in [0.1, 0.15) is 32.6 Å². The Morgan fingerprint density at radius 2 is 2.41 bits per heavy atom. The monoisotopic (exact) mass is 254 g/mol. The van der Waals surface area contributed by atoms with Crippen molar-refractivity contribution in [1.82, 2.24) is 20.1 Å². The van der Waals surface area contributed by atoms with Gasteiger partial charge in [-0.15, -0.1) is 10.2 Å². The number of thioether (sulfide) groups is 1. The molecule has 1 fully saturated rings. The lowest BCUT2D eigenvalue weighted by molar-refractivity contribution is 0.400. The molecule has 0 amide bonds. The van der Waals surface area contributed by atoms with E-state index in [0.29, 0.717) is 0 Å². The van der Waals surface area contributed by atoms with Crippen molar-refractivity contribution < 1.29 is 0 Å². The first-order valence-electron chi connectivity index (χ1n) is 6.51. The van der Waals surface area contributed by atoms with E-state index in [1.807, 2.05) is 23.4 Å². The lowest BCUT2D eigenvalue weighted by Crippen LogP contribution is -2.32. The van der Waals surface area contributed by atoms with Crippen LogP contribution in [0.25, 0.3) is 0 Å². The third kappa shape index (κ3) is 3.45. The molecule has 2 rings (SSSR count). The Bertz CT molecular complexity index is 339. The summed E-state index contributed by atoms with van der Waals surface area (Å²) in [7, 11) is 2.00. The molecule has 0 aromatic carbocycles. The molecule has 0 bridgehead atoms. The molecule has 1 saturated carbocycles. The lowest BCUT2D eigenvalue weighted by atomic mass is 10.0. The van der Waals surface area contributed by atoms with Crippen molar-refractivity contribution in [2.75, 3.05) is 12.3 Å². The summed E-state index contributed by atoms with van der Waals surface area (Å²) in [6, 6.07) is 0.750. The third-order valence-electron chi connectivity index (χ3n) is 3.52. The Morgan fingerprint density at radius 1 is 1.53 bits per heavy atom. The van der Waals surface area contributed by atoms with Gasteiger partial charge in [0.15, 0.2) is 5.16 Å². The maximum atomic E-state index is 4.10. The minimum absolute atomic E-state index is 0.750. The second-order valence-electron chi connectivity index (χ2n) is 4.72. The Balaban J connectivity index is 1.73. The average molecular weight is 254 g/mol. The van der Waals surface area contributed by atoms with E-state index in [1.165, 1.54) is 25.7 Å². The molecule has 0 saturated heterocycles. The summed E-state index contributed by atoms with van der Waals surface area (Å²) >= 11 is 1.82. The molecule has 96 valence electrons.